The van der Waals surface area contributed by atoms with Crippen molar-refractivity contribution < 1.29 is 0 Å². The van der Waals surface area contributed by atoms with E-state index in [0.717, 1.165) is 17.3 Å². The summed E-state index contributed by atoms with van der Waals surface area (Å²) in [7, 11) is 0. The van der Waals surface area contributed by atoms with Gasteiger partial charge in [-0.3, -0.25) is 0 Å². The Labute approximate surface area is 77.1 Å². The minimum atomic E-state index is 0.547. The third-order valence-corrected chi connectivity index (χ3v) is 2.66. The zero-order chi connectivity index (χ0) is 8.81. The summed E-state index contributed by atoms with van der Waals surface area (Å²) < 4.78 is 0. The molecular formula is C8H15N3S. The molecule has 0 aliphatic rings. The Morgan fingerprint density at radius 2 is 2.50 bits per heavy atom. The first-order valence-electron chi connectivity index (χ1n) is 4.17. The number of hydrogen-bond donors (Lipinski definition) is 2. The van der Waals surface area contributed by atoms with Crippen molar-refractivity contribution in [3.8, 4) is 0 Å². The number of nitrogens with one attached hydrogen (secondary N) is 1. The highest BCUT2D eigenvalue weighted by atomic mass is 32.2. The van der Waals surface area contributed by atoms with Gasteiger partial charge in [-0.1, -0.05) is 6.92 Å². The fraction of sp³-hybridized carbons (Fsp3) is 0.625. The Morgan fingerprint density at radius 3 is 3.08 bits per heavy atom. The molecule has 0 aromatic carbocycles. The van der Waals surface area contributed by atoms with E-state index < -0.39 is 0 Å². The van der Waals surface area contributed by atoms with E-state index in [1.807, 2.05) is 18.0 Å². The van der Waals surface area contributed by atoms with Crippen molar-refractivity contribution in [3.63, 3.8) is 0 Å². The molecule has 0 unspecified atom stereocenters. The highest BCUT2D eigenvalue weighted by Crippen LogP contribution is 2.09. The minimum absolute atomic E-state index is 0.547. The summed E-state index contributed by atoms with van der Waals surface area (Å²) >= 11 is 1.90. The van der Waals surface area contributed by atoms with Gasteiger partial charge in [-0.05, 0) is 12.2 Å². The summed E-state index contributed by atoms with van der Waals surface area (Å²) in [6, 6.07) is 0. The lowest BCUT2D eigenvalue weighted by molar-refractivity contribution is 0.992. The van der Waals surface area contributed by atoms with Gasteiger partial charge < -0.3 is 10.7 Å². The van der Waals surface area contributed by atoms with Crippen LogP contribution in [0.5, 0.6) is 0 Å². The Kier molecular flexibility index (Phi) is 4.18. The van der Waals surface area contributed by atoms with E-state index in [9.17, 15) is 0 Å². The molecule has 0 saturated heterocycles. The third-order valence-electron chi connectivity index (χ3n) is 1.49. The van der Waals surface area contributed by atoms with Crippen LogP contribution in [0, 0.1) is 0 Å². The fourth-order valence-electron chi connectivity index (χ4n) is 0.896. The summed E-state index contributed by atoms with van der Waals surface area (Å²) in [5.41, 5.74) is 6.46. The van der Waals surface area contributed by atoms with E-state index in [1.165, 1.54) is 12.2 Å². The standard InChI is InChI=1S/C8H15N3S/c1-2-3-12-6-8-10-5-7(4-9)11-8/h5H,2-4,6,9H2,1H3,(H,10,11). The molecule has 68 valence electrons. The van der Waals surface area contributed by atoms with Crippen LogP contribution in [0.15, 0.2) is 6.20 Å². The molecule has 1 rings (SSSR count). The predicted octanol–water partition coefficient (Wildman–Crippen LogP) is 1.51. The van der Waals surface area contributed by atoms with Crippen LogP contribution in [0.2, 0.25) is 0 Å². The molecule has 0 radical (unpaired) electrons. The predicted molar refractivity (Wildman–Crippen MR) is 52.9 cm³/mol. The Morgan fingerprint density at radius 1 is 1.67 bits per heavy atom. The SMILES string of the molecule is CCCSCc1ncc(CN)[nH]1. The van der Waals surface area contributed by atoms with Crippen LogP contribution in [0.25, 0.3) is 0 Å². The fourth-order valence-corrected chi connectivity index (χ4v) is 1.67. The average Bonchev–Trinajstić information content (AvgIpc) is 2.53. The number of nitrogens with zero attached hydrogens (tertiary/aromatic N) is 1. The van der Waals surface area contributed by atoms with Gasteiger partial charge in [0.1, 0.15) is 5.82 Å². The molecule has 0 fully saturated rings. The second kappa shape index (κ2) is 5.22. The van der Waals surface area contributed by atoms with Gasteiger partial charge in [-0.25, -0.2) is 4.98 Å². The molecule has 3 nitrogen and oxygen atoms in total. The van der Waals surface area contributed by atoms with Crippen molar-refractivity contribution in [1.29, 1.82) is 0 Å². The van der Waals surface area contributed by atoms with Crippen molar-refractivity contribution in [2.75, 3.05) is 5.75 Å². The number of aromatic amines is 1. The lowest BCUT2D eigenvalue weighted by Crippen LogP contribution is -1.96. The van der Waals surface area contributed by atoms with Crippen LogP contribution in [-0.4, -0.2) is 15.7 Å². The topological polar surface area (TPSA) is 54.7 Å². The van der Waals surface area contributed by atoms with Crippen molar-refractivity contribution >= 4 is 11.8 Å². The number of rotatable bonds is 5. The zero-order valence-corrected chi connectivity index (χ0v) is 8.16. The van der Waals surface area contributed by atoms with Gasteiger partial charge in [-0.2, -0.15) is 11.8 Å². The minimum Gasteiger partial charge on any atom is -0.344 e. The molecule has 0 atom stereocenters. The van der Waals surface area contributed by atoms with Crippen LogP contribution in [-0.2, 0) is 12.3 Å². The number of imidazole rings is 1. The summed E-state index contributed by atoms with van der Waals surface area (Å²) in [5.74, 6) is 3.20. The molecule has 0 aliphatic carbocycles. The quantitative estimate of drug-likeness (QED) is 0.684. The molecule has 1 heterocycles. The lowest BCUT2D eigenvalue weighted by Gasteiger charge is -1.94. The van der Waals surface area contributed by atoms with Crippen molar-refractivity contribution in [1.82, 2.24) is 9.97 Å². The highest BCUT2D eigenvalue weighted by molar-refractivity contribution is 7.98. The van der Waals surface area contributed by atoms with Crippen molar-refractivity contribution in [2.24, 2.45) is 5.73 Å². The Balaban J connectivity index is 2.31. The second-order valence-corrected chi connectivity index (χ2v) is 3.72. The number of H-pyrrole nitrogens is 1. The molecule has 0 amide bonds. The third kappa shape index (κ3) is 2.87. The number of hydrogen-bond acceptors (Lipinski definition) is 3. The Bertz CT molecular complexity index is 222. The van der Waals surface area contributed by atoms with Crippen LogP contribution < -0.4 is 5.73 Å². The summed E-state index contributed by atoms with van der Waals surface area (Å²) in [4.78, 5) is 7.37. The monoisotopic (exact) mass is 185 g/mol. The van der Waals surface area contributed by atoms with Gasteiger partial charge in [0.05, 0.1) is 5.75 Å². The van der Waals surface area contributed by atoms with E-state index in [2.05, 4.69) is 16.9 Å². The van der Waals surface area contributed by atoms with Gasteiger partial charge in [0.15, 0.2) is 0 Å². The first kappa shape index (κ1) is 9.61. The summed E-state index contributed by atoms with van der Waals surface area (Å²) in [6.07, 6.45) is 3.02. The number of thioether (sulfide) groups is 1. The highest BCUT2D eigenvalue weighted by Gasteiger charge is 1.97. The van der Waals surface area contributed by atoms with E-state index in [-0.39, 0.29) is 0 Å². The molecule has 0 spiro atoms. The molecule has 1 aromatic heterocycles. The maximum atomic E-state index is 5.44. The second-order valence-electron chi connectivity index (χ2n) is 2.61. The first-order valence-corrected chi connectivity index (χ1v) is 5.32. The van der Waals surface area contributed by atoms with Crippen LogP contribution >= 0.6 is 11.8 Å². The molecule has 3 N–H and O–H groups in total. The molecule has 1 aromatic rings. The molecular weight excluding hydrogens is 170 g/mol. The van der Waals surface area contributed by atoms with Gasteiger partial charge in [0.25, 0.3) is 0 Å². The average molecular weight is 185 g/mol. The molecule has 12 heavy (non-hydrogen) atoms. The van der Waals surface area contributed by atoms with Crippen LogP contribution in [0.1, 0.15) is 24.9 Å². The summed E-state index contributed by atoms with van der Waals surface area (Å²) in [5, 5.41) is 0. The Hall–Kier alpha value is -0.480. The van der Waals surface area contributed by atoms with Crippen molar-refractivity contribution in [2.45, 2.75) is 25.6 Å². The van der Waals surface area contributed by atoms with Gasteiger partial charge in [0.2, 0.25) is 0 Å². The van der Waals surface area contributed by atoms with Crippen molar-refractivity contribution in [3.05, 3.63) is 17.7 Å². The van der Waals surface area contributed by atoms with Gasteiger partial charge >= 0.3 is 0 Å². The van der Waals surface area contributed by atoms with Crippen LogP contribution in [0.4, 0.5) is 0 Å². The first-order chi connectivity index (χ1) is 5.86. The van der Waals surface area contributed by atoms with E-state index in [1.54, 1.807) is 0 Å². The largest absolute Gasteiger partial charge is 0.344 e. The summed E-state index contributed by atoms with van der Waals surface area (Å²) in [6.45, 7) is 2.73. The maximum absolute atomic E-state index is 5.44. The zero-order valence-electron chi connectivity index (χ0n) is 7.34. The lowest BCUT2D eigenvalue weighted by atomic mass is 10.5. The van der Waals surface area contributed by atoms with Gasteiger partial charge in [0, 0.05) is 18.4 Å². The normalized spacial score (nSPS) is 10.5. The molecule has 0 aliphatic heterocycles. The number of nitrogens with two attached hydrogens (primary N) is 1. The van der Waals surface area contributed by atoms with Crippen LogP contribution in [0.3, 0.4) is 0 Å². The molecule has 0 bridgehead atoms. The number of aromatic nitrogens is 2. The van der Waals surface area contributed by atoms with E-state index in [0.29, 0.717) is 6.54 Å². The smallest absolute Gasteiger partial charge is 0.116 e. The molecule has 0 saturated carbocycles. The van der Waals surface area contributed by atoms with E-state index >= 15 is 0 Å². The molecule has 4 heteroatoms. The van der Waals surface area contributed by atoms with Gasteiger partial charge in [-0.15, -0.1) is 0 Å². The van der Waals surface area contributed by atoms with E-state index in [4.69, 9.17) is 5.73 Å². The maximum Gasteiger partial charge on any atom is 0.116 e.